The number of nitrogens with zero attached hydrogens (tertiary/aromatic N) is 2. The zero-order valence-electron chi connectivity index (χ0n) is 19.5. The molecule has 180 valence electrons. The van der Waals surface area contributed by atoms with E-state index < -0.39 is 11.2 Å². The van der Waals surface area contributed by atoms with Gasteiger partial charge in [0.05, 0.1) is 25.1 Å². The number of benzene rings is 2. The summed E-state index contributed by atoms with van der Waals surface area (Å²) in [6, 6.07) is 13.5. The number of piperidine rings is 1. The highest BCUT2D eigenvalue weighted by Crippen LogP contribution is 2.29. The minimum Gasteiger partial charge on any atom is -0.493 e. The van der Waals surface area contributed by atoms with E-state index in [9.17, 15) is 14.4 Å². The van der Waals surface area contributed by atoms with Crippen molar-refractivity contribution in [3.63, 3.8) is 0 Å². The molecule has 1 fully saturated rings. The van der Waals surface area contributed by atoms with Gasteiger partial charge in [0.1, 0.15) is 0 Å². The first-order valence-corrected chi connectivity index (χ1v) is 11.4. The molecule has 9 heteroatoms. The van der Waals surface area contributed by atoms with Crippen molar-refractivity contribution in [1.82, 2.24) is 19.8 Å². The number of amides is 1. The number of likely N-dealkylation sites (tertiary alicyclic amines) is 1. The summed E-state index contributed by atoms with van der Waals surface area (Å²) < 4.78 is 11.5. The monoisotopic (exact) mass is 466 g/mol. The summed E-state index contributed by atoms with van der Waals surface area (Å²) in [6.45, 7) is 2.73. The molecular formula is C25H30N4O5. The summed E-state index contributed by atoms with van der Waals surface area (Å²) in [4.78, 5) is 43.0. The van der Waals surface area contributed by atoms with Crippen LogP contribution in [0.15, 0.2) is 52.1 Å². The second-order valence-electron chi connectivity index (χ2n) is 8.49. The highest BCUT2D eigenvalue weighted by Gasteiger charge is 2.21. The van der Waals surface area contributed by atoms with E-state index in [0.717, 1.165) is 37.0 Å². The van der Waals surface area contributed by atoms with E-state index in [-0.39, 0.29) is 24.9 Å². The van der Waals surface area contributed by atoms with Crippen LogP contribution in [-0.2, 0) is 17.9 Å². The number of carbonyl (C=O) groups is 1. The van der Waals surface area contributed by atoms with Crippen molar-refractivity contribution in [2.24, 2.45) is 0 Å². The Morgan fingerprint density at radius 2 is 1.74 bits per heavy atom. The van der Waals surface area contributed by atoms with Crippen LogP contribution in [0.3, 0.4) is 0 Å². The molecule has 0 saturated carbocycles. The average molecular weight is 467 g/mol. The summed E-state index contributed by atoms with van der Waals surface area (Å²) in [5.74, 6) is 0.638. The number of carbonyl (C=O) groups excluding carboxylic acids is 1. The molecule has 0 atom stereocenters. The van der Waals surface area contributed by atoms with E-state index in [4.69, 9.17) is 9.47 Å². The number of fused-ring (bicyclic) bond motifs is 1. The van der Waals surface area contributed by atoms with Crippen molar-refractivity contribution in [2.45, 2.75) is 38.4 Å². The Bertz CT molecular complexity index is 1260. The molecule has 4 rings (SSSR count). The minimum absolute atomic E-state index is 0.00284. The fraction of sp³-hybridized carbons (Fsp3) is 0.400. The number of aromatic amines is 1. The molecule has 2 aromatic carbocycles. The lowest BCUT2D eigenvalue weighted by Gasteiger charge is -2.32. The van der Waals surface area contributed by atoms with Crippen LogP contribution in [-0.4, -0.2) is 53.7 Å². The molecule has 0 spiro atoms. The molecule has 1 aromatic heterocycles. The van der Waals surface area contributed by atoms with Gasteiger partial charge in [0.2, 0.25) is 5.91 Å². The van der Waals surface area contributed by atoms with Crippen LogP contribution in [0.2, 0.25) is 0 Å². The zero-order valence-corrected chi connectivity index (χ0v) is 19.5. The van der Waals surface area contributed by atoms with Crippen LogP contribution < -0.4 is 26.0 Å². The van der Waals surface area contributed by atoms with Crippen LogP contribution in [0, 0.1) is 0 Å². The predicted octanol–water partition coefficient (Wildman–Crippen LogP) is 1.88. The highest BCUT2D eigenvalue weighted by atomic mass is 16.5. The smallest absolute Gasteiger partial charge is 0.328 e. The maximum atomic E-state index is 12.9. The van der Waals surface area contributed by atoms with Gasteiger partial charge in [0.15, 0.2) is 11.5 Å². The van der Waals surface area contributed by atoms with Crippen molar-refractivity contribution in [3.8, 4) is 11.5 Å². The summed E-state index contributed by atoms with van der Waals surface area (Å²) in [5.41, 5.74) is 0.608. The van der Waals surface area contributed by atoms with Gasteiger partial charge < -0.3 is 19.8 Å². The lowest BCUT2D eigenvalue weighted by Crippen LogP contribution is -2.45. The molecule has 1 aliphatic heterocycles. The van der Waals surface area contributed by atoms with Gasteiger partial charge in [-0.1, -0.05) is 30.3 Å². The van der Waals surface area contributed by atoms with Crippen LogP contribution in [0.5, 0.6) is 11.5 Å². The molecule has 0 aliphatic carbocycles. The molecule has 9 nitrogen and oxygen atoms in total. The molecule has 2 heterocycles. The Balaban J connectivity index is 1.34. The van der Waals surface area contributed by atoms with Crippen LogP contribution in [0.25, 0.3) is 10.9 Å². The van der Waals surface area contributed by atoms with E-state index >= 15 is 0 Å². The predicted molar refractivity (Wildman–Crippen MR) is 129 cm³/mol. The molecular weight excluding hydrogens is 436 g/mol. The van der Waals surface area contributed by atoms with Crippen LogP contribution in [0.1, 0.15) is 24.8 Å². The van der Waals surface area contributed by atoms with E-state index in [1.807, 2.05) is 18.2 Å². The lowest BCUT2D eigenvalue weighted by molar-refractivity contribution is -0.122. The number of methoxy groups -OCH3 is 2. The Hall–Kier alpha value is -3.59. The molecule has 34 heavy (non-hydrogen) atoms. The number of hydrogen-bond donors (Lipinski definition) is 2. The third-order valence-electron chi connectivity index (χ3n) is 6.25. The number of nitrogens with one attached hydrogen (secondary N) is 2. The van der Waals surface area contributed by atoms with Crippen LogP contribution >= 0.6 is 0 Å². The fourth-order valence-corrected chi connectivity index (χ4v) is 4.37. The number of aromatic nitrogens is 2. The fourth-order valence-electron chi connectivity index (χ4n) is 4.37. The molecule has 1 saturated heterocycles. The van der Waals surface area contributed by atoms with Gasteiger partial charge in [-0.05, 0) is 24.5 Å². The quantitative estimate of drug-likeness (QED) is 0.525. The Morgan fingerprint density at radius 1 is 1.06 bits per heavy atom. The van der Waals surface area contributed by atoms with Gasteiger partial charge in [-0.15, -0.1) is 0 Å². The van der Waals surface area contributed by atoms with E-state index in [1.165, 1.54) is 25.8 Å². The standard InChI is InChI=1S/C25H30N4O5/c1-33-21-14-19-20(15-22(21)34-2)27-25(32)29(24(19)31)13-10-23(30)26-18-8-11-28(12-9-18)16-17-6-4-3-5-7-17/h3-7,14-15,18H,8-13,16H2,1-2H3,(H,26,30)(H,27,32). The van der Waals surface area contributed by atoms with Gasteiger partial charge in [0.25, 0.3) is 5.56 Å². The first-order valence-electron chi connectivity index (χ1n) is 11.4. The summed E-state index contributed by atoms with van der Waals surface area (Å²) in [5, 5.41) is 3.35. The minimum atomic E-state index is -0.563. The Labute approximate surface area is 197 Å². The average Bonchev–Trinajstić information content (AvgIpc) is 2.85. The van der Waals surface area contributed by atoms with Crippen molar-refractivity contribution in [3.05, 3.63) is 68.9 Å². The third kappa shape index (κ3) is 5.31. The highest BCUT2D eigenvalue weighted by molar-refractivity contribution is 5.81. The van der Waals surface area contributed by atoms with Gasteiger partial charge in [-0.3, -0.25) is 19.1 Å². The van der Waals surface area contributed by atoms with Crippen molar-refractivity contribution in [1.29, 1.82) is 0 Å². The van der Waals surface area contributed by atoms with E-state index in [0.29, 0.717) is 22.4 Å². The molecule has 2 N–H and O–H groups in total. The maximum Gasteiger partial charge on any atom is 0.328 e. The Kier molecular flexibility index (Phi) is 7.32. The van der Waals surface area contributed by atoms with Gasteiger partial charge >= 0.3 is 5.69 Å². The number of hydrogen-bond acceptors (Lipinski definition) is 6. The molecule has 0 bridgehead atoms. The molecule has 1 amide bonds. The van der Waals surface area contributed by atoms with Crippen molar-refractivity contribution in [2.75, 3.05) is 27.3 Å². The van der Waals surface area contributed by atoms with Crippen LogP contribution in [0.4, 0.5) is 0 Å². The molecule has 3 aromatic rings. The SMILES string of the molecule is COc1cc2[nH]c(=O)n(CCC(=O)NC3CCN(Cc4ccccc4)CC3)c(=O)c2cc1OC. The Morgan fingerprint density at radius 3 is 2.41 bits per heavy atom. The second kappa shape index (κ2) is 10.6. The number of H-pyrrole nitrogens is 1. The maximum absolute atomic E-state index is 12.9. The van der Waals surface area contributed by atoms with E-state index in [1.54, 1.807) is 6.07 Å². The first kappa shape index (κ1) is 23.6. The third-order valence-corrected chi connectivity index (χ3v) is 6.25. The first-order chi connectivity index (χ1) is 16.5. The normalized spacial score (nSPS) is 14.8. The largest absolute Gasteiger partial charge is 0.493 e. The summed E-state index contributed by atoms with van der Waals surface area (Å²) >= 11 is 0. The van der Waals surface area contributed by atoms with Gasteiger partial charge in [-0.2, -0.15) is 0 Å². The topological polar surface area (TPSA) is 106 Å². The molecule has 1 aliphatic rings. The number of ether oxygens (including phenoxy) is 2. The van der Waals surface area contributed by atoms with Crippen molar-refractivity contribution >= 4 is 16.8 Å². The van der Waals surface area contributed by atoms with Gasteiger partial charge in [-0.25, -0.2) is 4.79 Å². The van der Waals surface area contributed by atoms with Gasteiger partial charge in [0, 0.05) is 44.7 Å². The lowest BCUT2D eigenvalue weighted by atomic mass is 10.0. The summed E-state index contributed by atoms with van der Waals surface area (Å²) in [7, 11) is 2.96. The molecule has 0 unspecified atom stereocenters. The van der Waals surface area contributed by atoms with E-state index in [2.05, 4.69) is 27.3 Å². The second-order valence-corrected chi connectivity index (χ2v) is 8.49. The zero-order chi connectivity index (χ0) is 24.1. The summed E-state index contributed by atoms with van der Waals surface area (Å²) in [6.07, 6.45) is 1.79. The number of rotatable bonds is 8. The molecule has 0 radical (unpaired) electrons. The van der Waals surface area contributed by atoms with Crippen molar-refractivity contribution < 1.29 is 14.3 Å².